The van der Waals surface area contributed by atoms with Gasteiger partial charge >= 0.3 is 0 Å². The lowest BCUT2D eigenvalue weighted by molar-refractivity contribution is 0.581. The van der Waals surface area contributed by atoms with Crippen LogP contribution in [0, 0.1) is 0 Å². The SMILES string of the molecule is CCCCCCCCCCNc1cc(C(N)=S)ccn1. The minimum absolute atomic E-state index is 0.419. The second kappa shape index (κ2) is 10.6. The zero-order chi connectivity index (χ0) is 14.6. The largest absolute Gasteiger partial charge is 0.389 e. The minimum Gasteiger partial charge on any atom is -0.389 e. The molecule has 0 aliphatic carbocycles. The molecule has 1 aromatic heterocycles. The fraction of sp³-hybridized carbons (Fsp3) is 0.625. The number of aromatic nitrogens is 1. The normalized spacial score (nSPS) is 10.4. The Hall–Kier alpha value is -1.16. The Labute approximate surface area is 128 Å². The third-order valence-electron chi connectivity index (χ3n) is 3.38. The van der Waals surface area contributed by atoms with E-state index in [1.807, 2.05) is 12.1 Å². The van der Waals surface area contributed by atoms with Crippen LogP contribution in [0.25, 0.3) is 0 Å². The first-order valence-electron chi connectivity index (χ1n) is 7.73. The second-order valence-electron chi connectivity index (χ2n) is 5.20. The van der Waals surface area contributed by atoms with Gasteiger partial charge < -0.3 is 11.1 Å². The molecule has 0 radical (unpaired) electrons. The molecule has 0 saturated carbocycles. The summed E-state index contributed by atoms with van der Waals surface area (Å²) in [6, 6.07) is 3.75. The number of hydrogen-bond acceptors (Lipinski definition) is 3. The number of anilines is 1. The lowest BCUT2D eigenvalue weighted by Gasteiger charge is -2.07. The van der Waals surface area contributed by atoms with Crippen molar-refractivity contribution >= 4 is 23.0 Å². The number of nitrogens with one attached hydrogen (secondary N) is 1. The molecule has 0 unspecified atom stereocenters. The number of nitrogens with two attached hydrogens (primary N) is 1. The van der Waals surface area contributed by atoms with Crippen LogP contribution in [0.4, 0.5) is 5.82 Å². The Morgan fingerprint density at radius 2 is 1.80 bits per heavy atom. The highest BCUT2D eigenvalue weighted by molar-refractivity contribution is 7.80. The molecule has 0 atom stereocenters. The summed E-state index contributed by atoms with van der Waals surface area (Å²) < 4.78 is 0. The first-order chi connectivity index (χ1) is 9.74. The molecule has 0 aliphatic heterocycles. The van der Waals surface area contributed by atoms with Crippen molar-refractivity contribution in [2.24, 2.45) is 5.73 Å². The summed E-state index contributed by atoms with van der Waals surface area (Å²) in [4.78, 5) is 4.68. The van der Waals surface area contributed by atoms with Gasteiger partial charge in [-0.25, -0.2) is 4.98 Å². The fourth-order valence-corrected chi connectivity index (χ4v) is 2.28. The van der Waals surface area contributed by atoms with Gasteiger partial charge in [0, 0.05) is 18.3 Å². The summed E-state index contributed by atoms with van der Waals surface area (Å²) in [5.41, 5.74) is 6.47. The zero-order valence-corrected chi connectivity index (χ0v) is 13.3. The smallest absolute Gasteiger partial charge is 0.126 e. The van der Waals surface area contributed by atoms with E-state index in [4.69, 9.17) is 18.0 Å². The van der Waals surface area contributed by atoms with Crippen molar-refractivity contribution in [1.29, 1.82) is 0 Å². The van der Waals surface area contributed by atoms with E-state index < -0.39 is 0 Å². The van der Waals surface area contributed by atoms with Crippen molar-refractivity contribution < 1.29 is 0 Å². The van der Waals surface area contributed by atoms with Crippen LogP contribution in [0.3, 0.4) is 0 Å². The van der Waals surface area contributed by atoms with Gasteiger partial charge in [-0.3, -0.25) is 0 Å². The van der Waals surface area contributed by atoms with Gasteiger partial charge in [-0.05, 0) is 18.6 Å². The highest BCUT2D eigenvalue weighted by atomic mass is 32.1. The number of thiocarbonyl (C=S) groups is 1. The average Bonchev–Trinajstić information content (AvgIpc) is 2.46. The van der Waals surface area contributed by atoms with Gasteiger partial charge in [0.1, 0.15) is 10.8 Å². The highest BCUT2D eigenvalue weighted by Crippen LogP contribution is 2.10. The van der Waals surface area contributed by atoms with Gasteiger partial charge in [0.2, 0.25) is 0 Å². The Balaban J connectivity index is 2.06. The molecule has 0 spiro atoms. The molecule has 0 saturated heterocycles. The summed E-state index contributed by atoms with van der Waals surface area (Å²) >= 11 is 4.96. The number of pyridine rings is 1. The molecule has 3 N–H and O–H groups in total. The van der Waals surface area contributed by atoms with Crippen LogP contribution in [0.5, 0.6) is 0 Å². The average molecular weight is 293 g/mol. The summed E-state index contributed by atoms with van der Waals surface area (Å²) in [7, 11) is 0. The molecular formula is C16H27N3S. The van der Waals surface area contributed by atoms with E-state index in [9.17, 15) is 0 Å². The van der Waals surface area contributed by atoms with Crippen molar-refractivity contribution in [3.8, 4) is 0 Å². The van der Waals surface area contributed by atoms with E-state index >= 15 is 0 Å². The second-order valence-corrected chi connectivity index (χ2v) is 5.64. The first kappa shape index (κ1) is 16.9. The minimum atomic E-state index is 0.419. The maximum Gasteiger partial charge on any atom is 0.126 e. The molecule has 1 aromatic rings. The number of nitrogens with zero attached hydrogens (tertiary/aromatic N) is 1. The van der Waals surface area contributed by atoms with Gasteiger partial charge in [-0.15, -0.1) is 0 Å². The molecule has 0 amide bonds. The molecule has 1 rings (SSSR count). The van der Waals surface area contributed by atoms with Crippen LogP contribution in [0.15, 0.2) is 18.3 Å². The zero-order valence-electron chi connectivity index (χ0n) is 12.5. The van der Waals surface area contributed by atoms with E-state index in [1.54, 1.807) is 6.20 Å². The third-order valence-corrected chi connectivity index (χ3v) is 3.62. The predicted molar refractivity (Wildman–Crippen MR) is 91.2 cm³/mol. The van der Waals surface area contributed by atoms with Crippen LogP contribution in [0.1, 0.15) is 63.9 Å². The van der Waals surface area contributed by atoms with Crippen molar-refractivity contribution in [1.82, 2.24) is 4.98 Å². The van der Waals surface area contributed by atoms with Crippen LogP contribution >= 0.6 is 12.2 Å². The maximum absolute atomic E-state index is 5.60. The first-order valence-corrected chi connectivity index (χ1v) is 8.14. The molecule has 3 nitrogen and oxygen atoms in total. The highest BCUT2D eigenvalue weighted by Gasteiger charge is 1.99. The standard InChI is InChI=1S/C16H27N3S/c1-2-3-4-5-6-7-8-9-11-18-15-13-14(16(17)20)10-12-19-15/h10,12-13H,2-9,11H2,1H3,(H2,17,20)(H,18,19). The van der Waals surface area contributed by atoms with E-state index in [1.165, 1.54) is 51.4 Å². The Kier molecular flexibility index (Phi) is 8.96. The topological polar surface area (TPSA) is 50.9 Å². The monoisotopic (exact) mass is 293 g/mol. The number of hydrogen-bond donors (Lipinski definition) is 2. The molecular weight excluding hydrogens is 266 g/mol. The fourth-order valence-electron chi connectivity index (χ4n) is 2.16. The van der Waals surface area contributed by atoms with E-state index in [2.05, 4.69) is 17.2 Å². The van der Waals surface area contributed by atoms with Crippen molar-refractivity contribution in [2.45, 2.75) is 58.3 Å². The molecule has 0 bridgehead atoms. The Bertz CT molecular complexity index is 393. The van der Waals surface area contributed by atoms with E-state index in [0.29, 0.717) is 4.99 Å². The lowest BCUT2D eigenvalue weighted by atomic mass is 10.1. The molecule has 0 aromatic carbocycles. The van der Waals surface area contributed by atoms with E-state index in [0.717, 1.165) is 17.9 Å². The van der Waals surface area contributed by atoms with Crippen LogP contribution in [0.2, 0.25) is 0 Å². The van der Waals surface area contributed by atoms with Crippen molar-refractivity contribution in [3.63, 3.8) is 0 Å². The summed E-state index contributed by atoms with van der Waals surface area (Å²) in [5, 5.41) is 3.32. The van der Waals surface area contributed by atoms with E-state index in [-0.39, 0.29) is 0 Å². The number of unbranched alkanes of at least 4 members (excludes halogenated alkanes) is 7. The lowest BCUT2D eigenvalue weighted by Crippen LogP contribution is -2.11. The predicted octanol–water partition coefficient (Wildman–Crippen LogP) is 4.27. The van der Waals surface area contributed by atoms with Gasteiger partial charge in [0.05, 0.1) is 0 Å². The molecule has 0 aliphatic rings. The van der Waals surface area contributed by atoms with Crippen LogP contribution in [-0.2, 0) is 0 Å². The maximum atomic E-state index is 5.60. The molecule has 4 heteroatoms. The summed E-state index contributed by atoms with van der Waals surface area (Å²) in [5.74, 6) is 0.859. The Morgan fingerprint density at radius 1 is 1.15 bits per heavy atom. The van der Waals surface area contributed by atoms with Crippen molar-refractivity contribution in [2.75, 3.05) is 11.9 Å². The summed E-state index contributed by atoms with van der Waals surface area (Å²) in [6.07, 6.45) is 12.4. The number of rotatable bonds is 11. The van der Waals surface area contributed by atoms with Gasteiger partial charge in [-0.2, -0.15) is 0 Å². The van der Waals surface area contributed by atoms with Gasteiger partial charge in [0.25, 0.3) is 0 Å². The third kappa shape index (κ3) is 7.43. The van der Waals surface area contributed by atoms with Gasteiger partial charge in [0.15, 0.2) is 0 Å². The molecule has 0 fully saturated rings. The van der Waals surface area contributed by atoms with Crippen LogP contribution < -0.4 is 11.1 Å². The van der Waals surface area contributed by atoms with Gasteiger partial charge in [-0.1, -0.05) is 64.1 Å². The molecule has 112 valence electrons. The van der Waals surface area contributed by atoms with Crippen LogP contribution in [-0.4, -0.2) is 16.5 Å². The molecule has 20 heavy (non-hydrogen) atoms. The quantitative estimate of drug-likeness (QED) is 0.472. The molecule has 1 heterocycles. The van der Waals surface area contributed by atoms with Crippen molar-refractivity contribution in [3.05, 3.63) is 23.9 Å². The summed E-state index contributed by atoms with van der Waals surface area (Å²) in [6.45, 7) is 3.22. The Morgan fingerprint density at radius 3 is 2.45 bits per heavy atom.